The molecule has 0 spiro atoms. The number of pyridine rings is 1. The van der Waals surface area contributed by atoms with Crippen LogP contribution in [0.2, 0.25) is 0 Å². The second-order valence-corrected chi connectivity index (χ2v) is 11.2. The van der Waals surface area contributed by atoms with Crippen LogP contribution in [0.4, 0.5) is 5.69 Å². The van der Waals surface area contributed by atoms with Crippen LogP contribution in [-0.2, 0) is 16.6 Å². The van der Waals surface area contributed by atoms with Gasteiger partial charge < -0.3 is 5.11 Å². The third-order valence-electron chi connectivity index (χ3n) is 6.17. The number of anilines is 1. The van der Waals surface area contributed by atoms with Gasteiger partial charge in [-0.1, -0.05) is 46.3 Å². The minimum Gasteiger partial charge on any atom is -0.506 e. The van der Waals surface area contributed by atoms with Gasteiger partial charge in [0, 0.05) is 34.9 Å². The van der Waals surface area contributed by atoms with E-state index in [0.717, 1.165) is 21.9 Å². The van der Waals surface area contributed by atoms with Crippen LogP contribution in [0.15, 0.2) is 71.5 Å². The maximum atomic E-state index is 12.6. The lowest BCUT2D eigenvalue weighted by Crippen LogP contribution is -2.48. The van der Waals surface area contributed by atoms with Gasteiger partial charge in [-0.2, -0.15) is 0 Å². The van der Waals surface area contributed by atoms with Crippen LogP contribution in [0.3, 0.4) is 0 Å². The lowest BCUT2D eigenvalue weighted by molar-refractivity contribution is -0.540. The molecule has 0 aliphatic carbocycles. The van der Waals surface area contributed by atoms with Gasteiger partial charge in [0.25, 0.3) is 0 Å². The van der Waals surface area contributed by atoms with E-state index in [-0.39, 0.29) is 22.3 Å². The summed E-state index contributed by atoms with van der Waals surface area (Å²) in [6.45, 7) is 1.01. The molecule has 2 aromatic carbocycles. The van der Waals surface area contributed by atoms with E-state index in [1.807, 2.05) is 41.3 Å². The highest BCUT2D eigenvalue weighted by Gasteiger charge is 2.48. The van der Waals surface area contributed by atoms with Crippen LogP contribution in [0, 0.1) is 10.1 Å². The fourth-order valence-electron chi connectivity index (χ4n) is 4.76. The fraction of sp³-hybridized carbons (Fsp3) is 0.292. The minimum absolute atomic E-state index is 0.0172. The van der Waals surface area contributed by atoms with Crippen LogP contribution >= 0.6 is 15.9 Å². The molecule has 184 valence electrons. The number of nitro groups is 1. The van der Waals surface area contributed by atoms with Gasteiger partial charge in [0.1, 0.15) is 11.8 Å². The molecule has 0 unspecified atom stereocenters. The van der Waals surface area contributed by atoms with Crippen molar-refractivity contribution in [1.82, 2.24) is 9.88 Å². The maximum absolute atomic E-state index is 12.6. The largest absolute Gasteiger partial charge is 0.506 e. The minimum atomic E-state index is -3.67. The summed E-state index contributed by atoms with van der Waals surface area (Å²) in [4.78, 5) is 18.5. The van der Waals surface area contributed by atoms with Crippen LogP contribution in [0.25, 0.3) is 0 Å². The molecule has 3 atom stereocenters. The Hall–Kier alpha value is -3.02. The first-order valence-corrected chi connectivity index (χ1v) is 13.6. The average Bonchev–Trinajstić information content (AvgIpc) is 2.80. The zero-order valence-corrected chi connectivity index (χ0v) is 21.3. The van der Waals surface area contributed by atoms with Gasteiger partial charge >= 0.3 is 0 Å². The van der Waals surface area contributed by atoms with E-state index < -0.39 is 22.1 Å². The number of phenols is 1. The van der Waals surface area contributed by atoms with Crippen molar-refractivity contribution in [3.05, 3.63) is 98.3 Å². The zero-order chi connectivity index (χ0) is 25.2. The SMILES string of the molecule is CS(=O)(=O)Nc1cc([C@H]2[C@H]([N+](=O)[O-])[C@@H](c3ccccc3Br)CCN2Cc2cccnc2)ccc1O. The standard InChI is InChI=1S/C24H25BrN4O5S/c1-35(33,34)27-21-13-17(8-9-22(21)30)23-24(29(31)32)19(18-6-2-3-7-20(18)25)10-12-28(23)15-16-5-4-11-26-14-16/h2-9,11,13-14,19,23-24,27,30H,10,12,15H2,1H3/t19-,23+,24-/m1/s1. The maximum Gasteiger partial charge on any atom is 0.239 e. The summed E-state index contributed by atoms with van der Waals surface area (Å²) in [7, 11) is -3.67. The Kier molecular flexibility index (Phi) is 7.39. The molecule has 0 amide bonds. The predicted molar refractivity (Wildman–Crippen MR) is 136 cm³/mol. The van der Waals surface area contributed by atoms with Crippen molar-refractivity contribution in [2.24, 2.45) is 0 Å². The number of aromatic hydroxyl groups is 1. The van der Waals surface area contributed by atoms with Crippen molar-refractivity contribution in [3.63, 3.8) is 0 Å². The van der Waals surface area contributed by atoms with E-state index in [9.17, 15) is 23.6 Å². The first kappa shape index (κ1) is 25.1. The summed E-state index contributed by atoms with van der Waals surface area (Å²) < 4.78 is 26.8. The Morgan fingerprint density at radius 3 is 2.66 bits per heavy atom. The quantitative estimate of drug-likeness (QED) is 0.250. The van der Waals surface area contributed by atoms with Gasteiger partial charge in [-0.3, -0.25) is 24.7 Å². The molecule has 11 heteroatoms. The molecular weight excluding hydrogens is 536 g/mol. The number of likely N-dealkylation sites (tertiary alicyclic amines) is 1. The van der Waals surface area contributed by atoms with Gasteiger partial charge in [0.2, 0.25) is 16.1 Å². The molecular formula is C24H25BrN4O5S. The zero-order valence-electron chi connectivity index (χ0n) is 18.9. The Morgan fingerprint density at radius 1 is 1.23 bits per heavy atom. The number of nitrogens with one attached hydrogen (secondary N) is 1. The van der Waals surface area contributed by atoms with Crippen LogP contribution < -0.4 is 4.72 Å². The highest BCUT2D eigenvalue weighted by atomic mass is 79.9. The highest BCUT2D eigenvalue weighted by Crippen LogP contribution is 2.44. The van der Waals surface area contributed by atoms with E-state index in [1.165, 1.54) is 12.1 Å². The number of rotatable bonds is 7. The molecule has 9 nitrogen and oxygen atoms in total. The van der Waals surface area contributed by atoms with Gasteiger partial charge in [0.15, 0.2) is 0 Å². The van der Waals surface area contributed by atoms with Crippen molar-refractivity contribution in [1.29, 1.82) is 0 Å². The first-order chi connectivity index (χ1) is 16.6. The molecule has 1 aromatic heterocycles. The van der Waals surface area contributed by atoms with Crippen LogP contribution in [-0.4, -0.2) is 47.2 Å². The molecule has 3 aromatic rings. The summed E-state index contributed by atoms with van der Waals surface area (Å²) in [5.41, 5.74) is 2.29. The van der Waals surface area contributed by atoms with Gasteiger partial charge in [-0.25, -0.2) is 8.42 Å². The summed E-state index contributed by atoms with van der Waals surface area (Å²) in [5, 5.41) is 22.9. The summed E-state index contributed by atoms with van der Waals surface area (Å²) in [6.07, 6.45) is 4.95. The van der Waals surface area contributed by atoms with Gasteiger partial charge in [-0.15, -0.1) is 0 Å². The number of benzene rings is 2. The van der Waals surface area contributed by atoms with Gasteiger partial charge in [-0.05, 0) is 47.4 Å². The van der Waals surface area contributed by atoms with Crippen LogP contribution in [0.5, 0.6) is 5.75 Å². The summed E-state index contributed by atoms with van der Waals surface area (Å²) in [5.74, 6) is -0.635. The molecule has 35 heavy (non-hydrogen) atoms. The molecule has 1 fully saturated rings. The number of aromatic nitrogens is 1. The van der Waals surface area contributed by atoms with E-state index >= 15 is 0 Å². The number of sulfonamides is 1. The van der Waals surface area contributed by atoms with E-state index in [4.69, 9.17) is 0 Å². The van der Waals surface area contributed by atoms with E-state index in [1.54, 1.807) is 18.5 Å². The number of nitrogens with zero attached hydrogens (tertiary/aromatic N) is 3. The summed E-state index contributed by atoms with van der Waals surface area (Å²) >= 11 is 3.55. The second-order valence-electron chi connectivity index (χ2n) is 8.62. The third-order valence-corrected chi connectivity index (χ3v) is 7.48. The predicted octanol–water partition coefficient (Wildman–Crippen LogP) is 4.30. The number of halogens is 1. The van der Waals surface area contributed by atoms with Crippen molar-refractivity contribution in [2.45, 2.75) is 31.0 Å². The molecule has 1 saturated heterocycles. The smallest absolute Gasteiger partial charge is 0.239 e. The molecule has 2 heterocycles. The molecule has 0 saturated carbocycles. The van der Waals surface area contributed by atoms with E-state index in [2.05, 4.69) is 25.6 Å². The number of piperidine rings is 1. The second kappa shape index (κ2) is 10.3. The lowest BCUT2D eigenvalue weighted by atomic mass is 9.78. The van der Waals surface area contributed by atoms with Crippen LogP contribution in [0.1, 0.15) is 35.1 Å². The third kappa shape index (κ3) is 5.80. The Morgan fingerprint density at radius 2 is 2.00 bits per heavy atom. The van der Waals surface area contributed by atoms with Crippen molar-refractivity contribution in [3.8, 4) is 5.75 Å². The Bertz CT molecular complexity index is 1320. The molecule has 0 radical (unpaired) electrons. The van der Waals surface area contributed by atoms with Crippen molar-refractivity contribution in [2.75, 3.05) is 17.5 Å². The highest BCUT2D eigenvalue weighted by molar-refractivity contribution is 9.10. The molecule has 0 bridgehead atoms. The van der Waals surface area contributed by atoms with E-state index in [0.29, 0.717) is 25.1 Å². The molecule has 1 aliphatic rings. The summed E-state index contributed by atoms with van der Waals surface area (Å²) in [6, 6.07) is 14.0. The number of hydrogen-bond acceptors (Lipinski definition) is 7. The normalized spacial score (nSPS) is 20.9. The number of hydrogen-bond donors (Lipinski definition) is 2. The topological polar surface area (TPSA) is 126 Å². The lowest BCUT2D eigenvalue weighted by Gasteiger charge is -2.41. The van der Waals surface area contributed by atoms with Gasteiger partial charge in [0.05, 0.1) is 17.9 Å². The van der Waals surface area contributed by atoms with Crippen molar-refractivity contribution < 1.29 is 18.4 Å². The fourth-order valence-corrected chi connectivity index (χ4v) is 5.90. The Labute approximate surface area is 212 Å². The molecule has 1 aliphatic heterocycles. The number of phenolic OH excluding ortho intramolecular Hbond substituents is 1. The first-order valence-electron chi connectivity index (χ1n) is 11.0. The molecule has 4 rings (SSSR count). The average molecular weight is 561 g/mol. The monoisotopic (exact) mass is 560 g/mol. The Balaban J connectivity index is 1.83. The molecule has 2 N–H and O–H groups in total. The van der Waals surface area contributed by atoms with Crippen molar-refractivity contribution >= 4 is 31.6 Å².